The minimum atomic E-state index is 0.323. The third-order valence-electron chi connectivity index (χ3n) is 3.69. The Morgan fingerprint density at radius 1 is 1.50 bits per heavy atom. The van der Waals surface area contributed by atoms with Gasteiger partial charge in [0.1, 0.15) is 0 Å². The van der Waals surface area contributed by atoms with E-state index in [0.29, 0.717) is 11.5 Å². The van der Waals surface area contributed by atoms with E-state index >= 15 is 0 Å². The van der Waals surface area contributed by atoms with Crippen LogP contribution in [0.1, 0.15) is 24.9 Å². The number of hydrogen-bond acceptors (Lipinski definition) is 3. The molecule has 1 fully saturated rings. The van der Waals surface area contributed by atoms with Crippen LogP contribution in [0.4, 0.5) is 0 Å². The van der Waals surface area contributed by atoms with Crippen molar-refractivity contribution in [3.05, 3.63) is 28.8 Å². The van der Waals surface area contributed by atoms with Gasteiger partial charge in [0.05, 0.1) is 13.2 Å². The molecule has 0 amide bonds. The summed E-state index contributed by atoms with van der Waals surface area (Å²) in [5.41, 5.74) is 1.69. The fraction of sp³-hybridized carbons (Fsp3) is 0.571. The third-order valence-corrected chi connectivity index (χ3v) is 5.05. The standard InChI is InChI=1S/C14H18ClNOS/c1-14(8-17-9-14)7-16-12-4-5-18-13-3-2-10(15)6-11(12)13/h2-3,6,12,16H,4-5,7-9H2,1H3. The Morgan fingerprint density at radius 3 is 3.06 bits per heavy atom. The van der Waals surface area contributed by atoms with Gasteiger partial charge in [-0.2, -0.15) is 0 Å². The molecule has 2 aliphatic heterocycles. The molecule has 1 unspecified atom stereocenters. The van der Waals surface area contributed by atoms with Gasteiger partial charge in [0.2, 0.25) is 0 Å². The highest BCUT2D eigenvalue weighted by atomic mass is 35.5. The maximum absolute atomic E-state index is 6.11. The van der Waals surface area contributed by atoms with E-state index in [2.05, 4.69) is 24.4 Å². The van der Waals surface area contributed by atoms with E-state index in [4.69, 9.17) is 16.3 Å². The van der Waals surface area contributed by atoms with Crippen LogP contribution in [0.2, 0.25) is 5.02 Å². The Bertz CT molecular complexity index is 447. The van der Waals surface area contributed by atoms with Crippen molar-refractivity contribution in [2.75, 3.05) is 25.5 Å². The summed E-state index contributed by atoms with van der Waals surface area (Å²) >= 11 is 8.04. The van der Waals surface area contributed by atoms with Crippen LogP contribution in [0.15, 0.2) is 23.1 Å². The van der Waals surface area contributed by atoms with Crippen LogP contribution in [0.5, 0.6) is 0 Å². The van der Waals surface area contributed by atoms with Crippen LogP contribution in [0, 0.1) is 5.41 Å². The number of rotatable bonds is 3. The first-order valence-corrected chi connectivity index (χ1v) is 7.76. The lowest BCUT2D eigenvalue weighted by molar-refractivity contribution is -0.100. The van der Waals surface area contributed by atoms with E-state index in [1.54, 1.807) is 0 Å². The molecule has 1 saturated heterocycles. The van der Waals surface area contributed by atoms with Gasteiger partial charge in [-0.3, -0.25) is 0 Å². The fourth-order valence-corrected chi connectivity index (χ4v) is 3.79. The summed E-state index contributed by atoms with van der Waals surface area (Å²) in [5.74, 6) is 1.18. The molecule has 1 aromatic rings. The average Bonchev–Trinajstić information content (AvgIpc) is 2.34. The number of benzene rings is 1. The molecule has 2 nitrogen and oxygen atoms in total. The molecule has 18 heavy (non-hydrogen) atoms. The van der Waals surface area contributed by atoms with Crippen molar-refractivity contribution in [2.45, 2.75) is 24.3 Å². The molecule has 1 N–H and O–H groups in total. The molecule has 98 valence electrons. The maximum Gasteiger partial charge on any atom is 0.0554 e. The first kappa shape index (κ1) is 12.8. The molecule has 0 aliphatic carbocycles. The van der Waals surface area contributed by atoms with Crippen LogP contribution in [0.3, 0.4) is 0 Å². The number of fused-ring (bicyclic) bond motifs is 1. The van der Waals surface area contributed by atoms with Gasteiger partial charge in [-0.25, -0.2) is 0 Å². The van der Waals surface area contributed by atoms with Crippen LogP contribution in [0.25, 0.3) is 0 Å². The van der Waals surface area contributed by atoms with Crippen LogP contribution < -0.4 is 5.32 Å². The molecule has 3 rings (SSSR count). The normalized spacial score (nSPS) is 25.3. The second kappa shape index (κ2) is 5.04. The summed E-state index contributed by atoms with van der Waals surface area (Å²) in [6, 6.07) is 6.68. The molecular weight excluding hydrogens is 266 g/mol. The number of thioether (sulfide) groups is 1. The van der Waals surface area contributed by atoms with Gasteiger partial charge in [0.25, 0.3) is 0 Å². The first-order valence-electron chi connectivity index (χ1n) is 6.40. The molecule has 4 heteroatoms. The highest BCUT2D eigenvalue weighted by Gasteiger charge is 2.34. The topological polar surface area (TPSA) is 21.3 Å². The number of ether oxygens (including phenoxy) is 1. The molecule has 2 aliphatic rings. The largest absolute Gasteiger partial charge is 0.380 e. The highest BCUT2D eigenvalue weighted by molar-refractivity contribution is 7.99. The summed E-state index contributed by atoms with van der Waals surface area (Å²) in [4.78, 5) is 1.37. The Hall–Kier alpha value is -0.220. The quantitative estimate of drug-likeness (QED) is 0.917. The van der Waals surface area contributed by atoms with E-state index in [-0.39, 0.29) is 0 Å². The number of hydrogen-bond donors (Lipinski definition) is 1. The van der Waals surface area contributed by atoms with Crippen molar-refractivity contribution in [3.63, 3.8) is 0 Å². The van der Waals surface area contributed by atoms with Gasteiger partial charge < -0.3 is 10.1 Å². The summed E-state index contributed by atoms with van der Waals surface area (Å²) < 4.78 is 5.30. The maximum atomic E-state index is 6.11. The predicted octanol–water partition coefficient (Wildman–Crippen LogP) is 3.50. The lowest BCUT2D eigenvalue weighted by atomic mass is 9.88. The Morgan fingerprint density at radius 2 is 2.33 bits per heavy atom. The fourth-order valence-electron chi connectivity index (χ4n) is 2.50. The zero-order valence-corrected chi connectivity index (χ0v) is 12.1. The van der Waals surface area contributed by atoms with E-state index in [1.165, 1.54) is 22.6 Å². The highest BCUT2D eigenvalue weighted by Crippen LogP contribution is 2.38. The first-order chi connectivity index (χ1) is 8.66. The second-order valence-corrected chi connectivity index (χ2v) is 7.13. The number of nitrogens with one attached hydrogen (secondary N) is 1. The predicted molar refractivity (Wildman–Crippen MR) is 76.5 cm³/mol. The molecule has 0 aromatic heterocycles. The zero-order valence-electron chi connectivity index (χ0n) is 10.5. The summed E-state index contributed by atoms with van der Waals surface area (Å²) in [6.45, 7) is 5.06. The van der Waals surface area contributed by atoms with E-state index < -0.39 is 0 Å². The summed E-state index contributed by atoms with van der Waals surface area (Å²) in [6.07, 6.45) is 1.18. The summed E-state index contributed by atoms with van der Waals surface area (Å²) in [7, 11) is 0. The SMILES string of the molecule is CC1(CNC2CCSc3ccc(Cl)cc32)COC1. The van der Waals surface area contributed by atoms with Gasteiger partial charge >= 0.3 is 0 Å². The molecule has 1 atom stereocenters. The lowest BCUT2D eigenvalue weighted by Gasteiger charge is -2.40. The van der Waals surface area contributed by atoms with Gasteiger partial charge in [-0.1, -0.05) is 18.5 Å². The van der Waals surface area contributed by atoms with Crippen molar-refractivity contribution >= 4 is 23.4 Å². The molecule has 0 radical (unpaired) electrons. The molecule has 0 bridgehead atoms. The van der Waals surface area contributed by atoms with Crippen molar-refractivity contribution in [1.82, 2.24) is 5.32 Å². The van der Waals surface area contributed by atoms with Gasteiger partial charge in [0, 0.05) is 27.9 Å². The van der Waals surface area contributed by atoms with Crippen molar-refractivity contribution in [1.29, 1.82) is 0 Å². The monoisotopic (exact) mass is 283 g/mol. The second-order valence-electron chi connectivity index (χ2n) is 5.56. The Kier molecular flexibility index (Phi) is 3.59. The molecule has 0 spiro atoms. The zero-order chi connectivity index (χ0) is 12.6. The smallest absolute Gasteiger partial charge is 0.0554 e. The van der Waals surface area contributed by atoms with Crippen LogP contribution in [-0.4, -0.2) is 25.5 Å². The molecular formula is C14H18ClNOS. The van der Waals surface area contributed by atoms with Crippen LogP contribution in [-0.2, 0) is 4.74 Å². The minimum absolute atomic E-state index is 0.323. The molecule has 1 aromatic carbocycles. The Balaban J connectivity index is 1.72. The van der Waals surface area contributed by atoms with E-state index in [9.17, 15) is 0 Å². The average molecular weight is 284 g/mol. The summed E-state index contributed by atoms with van der Waals surface area (Å²) in [5, 5.41) is 4.53. The van der Waals surface area contributed by atoms with E-state index in [0.717, 1.165) is 24.8 Å². The van der Waals surface area contributed by atoms with Crippen molar-refractivity contribution < 1.29 is 4.74 Å². The van der Waals surface area contributed by atoms with Crippen molar-refractivity contribution in [3.8, 4) is 0 Å². The Labute approximate surface area is 117 Å². The van der Waals surface area contributed by atoms with Gasteiger partial charge in [0.15, 0.2) is 0 Å². The number of halogens is 1. The molecule has 0 saturated carbocycles. The van der Waals surface area contributed by atoms with Gasteiger partial charge in [-0.15, -0.1) is 11.8 Å². The molecule has 2 heterocycles. The minimum Gasteiger partial charge on any atom is -0.380 e. The third kappa shape index (κ3) is 2.55. The van der Waals surface area contributed by atoms with E-state index in [1.807, 2.05) is 17.8 Å². The van der Waals surface area contributed by atoms with Crippen molar-refractivity contribution in [2.24, 2.45) is 5.41 Å². The van der Waals surface area contributed by atoms with Crippen LogP contribution >= 0.6 is 23.4 Å². The lowest BCUT2D eigenvalue weighted by Crippen LogP contribution is -2.48. The van der Waals surface area contributed by atoms with Gasteiger partial charge in [-0.05, 0) is 35.9 Å².